The number of amides is 1. The maximum absolute atomic E-state index is 12.3. The van der Waals surface area contributed by atoms with E-state index in [4.69, 9.17) is 21.3 Å². The number of imidazole rings is 1. The first-order chi connectivity index (χ1) is 14.4. The molecule has 16 nitrogen and oxygen atoms in total. The molecule has 1 fully saturated rings. The molecule has 2 unspecified atom stereocenters. The molecule has 1 saturated heterocycles. The van der Waals surface area contributed by atoms with E-state index in [2.05, 4.69) is 15.0 Å². The van der Waals surface area contributed by atoms with Gasteiger partial charge >= 0.3 is 13.7 Å². The first kappa shape index (κ1) is 23.0. The first-order valence-corrected chi connectivity index (χ1v) is 10.3. The lowest BCUT2D eigenvalue weighted by molar-refractivity contribution is -0.141. The number of hydrogen-bond acceptors (Lipinski definition) is 11. The molecule has 0 bridgehead atoms. The van der Waals surface area contributed by atoms with Crippen LogP contribution in [0.3, 0.4) is 0 Å². The number of ether oxygens (including phenoxy) is 1. The van der Waals surface area contributed by atoms with Gasteiger partial charge in [0.25, 0.3) is 0 Å². The summed E-state index contributed by atoms with van der Waals surface area (Å²) in [4.78, 5) is 53.9. The zero-order chi connectivity index (χ0) is 23.1. The molecule has 0 spiro atoms. The molecule has 0 saturated carbocycles. The minimum atomic E-state index is -5.27. The van der Waals surface area contributed by atoms with Crippen molar-refractivity contribution in [3.05, 3.63) is 12.7 Å². The summed E-state index contributed by atoms with van der Waals surface area (Å²) in [6.45, 7) is -0.880. The number of hydrogen-bond donors (Lipinski definition) is 7. The fourth-order valence-electron chi connectivity index (χ4n) is 3.13. The number of carbonyl (C=O) groups is 2. The van der Waals surface area contributed by atoms with E-state index in [9.17, 15) is 34.2 Å². The largest absolute Gasteiger partial charge is 0.481 e. The van der Waals surface area contributed by atoms with Crippen LogP contribution in [0, 0.1) is 0 Å². The number of aliphatic hydroxyl groups is 2. The topological polar surface area (TPSA) is 260 Å². The van der Waals surface area contributed by atoms with Crippen LogP contribution in [0.2, 0.25) is 0 Å². The summed E-state index contributed by atoms with van der Waals surface area (Å²) in [5.74, 6) is -2.76. The Bertz CT molecular complexity index is 1040. The van der Waals surface area contributed by atoms with E-state index in [0.29, 0.717) is 0 Å². The summed E-state index contributed by atoms with van der Waals surface area (Å²) < 4.78 is 18.6. The second-order valence-corrected chi connectivity index (χ2v) is 8.28. The van der Waals surface area contributed by atoms with E-state index in [-0.39, 0.29) is 21.7 Å². The van der Waals surface area contributed by atoms with Crippen LogP contribution in [0.15, 0.2) is 12.7 Å². The van der Waals surface area contributed by atoms with Gasteiger partial charge in [0.15, 0.2) is 17.7 Å². The highest BCUT2D eigenvalue weighted by atomic mass is 31.2. The average Bonchev–Trinajstić information content (AvgIpc) is 3.21. The molecule has 1 aliphatic rings. The number of carboxylic acid groups (broad SMARTS) is 1. The smallest absolute Gasteiger partial charge is 0.432 e. The lowest BCUT2D eigenvalue weighted by atomic mass is 10.1. The van der Waals surface area contributed by atoms with Crippen molar-refractivity contribution in [1.29, 1.82) is 0 Å². The third kappa shape index (κ3) is 4.49. The van der Waals surface area contributed by atoms with Gasteiger partial charge in [-0.1, -0.05) is 0 Å². The molecule has 2 aromatic rings. The van der Waals surface area contributed by atoms with Crippen LogP contribution in [0.5, 0.6) is 0 Å². The molecule has 3 rings (SSSR count). The fourth-order valence-corrected chi connectivity index (χ4v) is 3.91. The second kappa shape index (κ2) is 8.43. The van der Waals surface area contributed by atoms with E-state index < -0.39 is 63.2 Å². The highest BCUT2D eigenvalue weighted by Gasteiger charge is 2.47. The van der Waals surface area contributed by atoms with Gasteiger partial charge in [0.2, 0.25) is 5.91 Å². The zero-order valence-electron chi connectivity index (χ0n) is 15.7. The molecule has 1 aliphatic heterocycles. The van der Waals surface area contributed by atoms with Crippen molar-refractivity contribution in [2.24, 2.45) is 5.73 Å². The van der Waals surface area contributed by atoms with Gasteiger partial charge in [0.05, 0.1) is 25.3 Å². The molecule has 0 aromatic carbocycles. The number of nitrogen functional groups attached to an aromatic ring is 1. The maximum atomic E-state index is 12.3. The fraction of sp³-hybridized carbons (Fsp3) is 0.500. The molecule has 0 radical (unpaired) electrons. The van der Waals surface area contributed by atoms with Crippen molar-refractivity contribution < 1.29 is 44.0 Å². The zero-order valence-corrected chi connectivity index (χ0v) is 16.6. The number of aliphatic hydroxyl groups excluding tert-OH is 2. The Hall–Kier alpha value is -2.72. The van der Waals surface area contributed by atoms with E-state index >= 15 is 0 Å². The Morgan fingerprint density at radius 3 is 2.55 bits per heavy atom. The second-order valence-electron chi connectivity index (χ2n) is 6.77. The predicted octanol–water partition coefficient (Wildman–Crippen LogP) is -3.25. The number of aromatic nitrogens is 4. The monoisotopic (exact) mass is 461 g/mol. The molecule has 170 valence electrons. The Balaban J connectivity index is 1.85. The Morgan fingerprint density at radius 2 is 1.94 bits per heavy atom. The standard InChI is InChI=1S/C14H20N7O9P/c15-5(1-7(22)23)13(26)21(31(27,28)29)2-6-9(24)10(25)14(30-6)20-4-19-8-11(16)17-3-18-12(8)20/h3-6,9-10,14,24-25H,1-2,15H2,(H,22,23)(H2,16,17,18)(H2,27,28,29)/t5-,6+,9?,10?,14+/m0/s1. The third-order valence-corrected chi connectivity index (χ3v) is 5.62. The van der Waals surface area contributed by atoms with Crippen LogP contribution < -0.4 is 11.5 Å². The van der Waals surface area contributed by atoms with Gasteiger partial charge in [-0.25, -0.2) is 24.2 Å². The van der Waals surface area contributed by atoms with Crippen molar-refractivity contribution in [3.63, 3.8) is 0 Å². The van der Waals surface area contributed by atoms with E-state index in [1.807, 2.05) is 0 Å². The van der Waals surface area contributed by atoms with Crippen LogP contribution in [-0.4, -0.2) is 92.1 Å². The van der Waals surface area contributed by atoms with Gasteiger partial charge in [0.1, 0.15) is 30.2 Å². The number of fused-ring (bicyclic) bond motifs is 1. The third-order valence-electron chi connectivity index (χ3n) is 4.63. The summed E-state index contributed by atoms with van der Waals surface area (Å²) >= 11 is 0. The van der Waals surface area contributed by atoms with Gasteiger partial charge in [-0.3, -0.25) is 14.2 Å². The quantitative estimate of drug-likeness (QED) is 0.200. The molecule has 0 aliphatic carbocycles. The van der Waals surface area contributed by atoms with Crippen LogP contribution in [0.1, 0.15) is 12.6 Å². The molecule has 9 N–H and O–H groups in total. The van der Waals surface area contributed by atoms with Gasteiger partial charge in [-0.15, -0.1) is 0 Å². The number of aliphatic carboxylic acids is 1. The average molecular weight is 461 g/mol. The summed E-state index contributed by atoms with van der Waals surface area (Å²) in [7, 11) is -5.27. The van der Waals surface area contributed by atoms with Crippen LogP contribution in [0.4, 0.5) is 5.82 Å². The van der Waals surface area contributed by atoms with Crippen molar-refractivity contribution in [1.82, 2.24) is 24.2 Å². The highest BCUT2D eigenvalue weighted by molar-refractivity contribution is 7.50. The van der Waals surface area contributed by atoms with Crippen molar-refractivity contribution in [2.75, 3.05) is 12.3 Å². The Labute approximate surface area is 173 Å². The summed E-state index contributed by atoms with van der Waals surface area (Å²) in [5, 5.41) is 29.5. The number of rotatable bonds is 7. The lowest BCUT2D eigenvalue weighted by Gasteiger charge is -2.28. The first-order valence-electron chi connectivity index (χ1n) is 8.71. The summed E-state index contributed by atoms with van der Waals surface area (Å²) in [5.41, 5.74) is 11.5. The Morgan fingerprint density at radius 1 is 1.26 bits per heavy atom. The van der Waals surface area contributed by atoms with Gasteiger partial charge in [0, 0.05) is 0 Å². The van der Waals surface area contributed by atoms with Crippen molar-refractivity contribution in [3.8, 4) is 0 Å². The van der Waals surface area contributed by atoms with E-state index in [0.717, 1.165) is 6.33 Å². The van der Waals surface area contributed by atoms with Gasteiger partial charge in [-0.05, 0) is 0 Å². The molecule has 3 heterocycles. The van der Waals surface area contributed by atoms with Gasteiger partial charge < -0.3 is 41.3 Å². The number of anilines is 1. The van der Waals surface area contributed by atoms with E-state index in [1.54, 1.807) is 0 Å². The summed E-state index contributed by atoms with van der Waals surface area (Å²) in [6, 6.07) is -1.75. The minimum absolute atomic E-state index is 0.00969. The predicted molar refractivity (Wildman–Crippen MR) is 99.6 cm³/mol. The van der Waals surface area contributed by atoms with E-state index in [1.165, 1.54) is 10.9 Å². The van der Waals surface area contributed by atoms with Crippen molar-refractivity contribution in [2.45, 2.75) is 37.0 Å². The molecular weight excluding hydrogens is 441 g/mol. The van der Waals surface area contributed by atoms with Crippen molar-refractivity contribution >= 4 is 36.6 Å². The Kier molecular flexibility index (Phi) is 6.24. The molecule has 2 aromatic heterocycles. The van der Waals surface area contributed by atoms with Crippen LogP contribution in [-0.2, 0) is 18.9 Å². The number of nitrogens with zero attached hydrogens (tertiary/aromatic N) is 5. The highest BCUT2D eigenvalue weighted by Crippen LogP contribution is 2.42. The van der Waals surface area contributed by atoms with Gasteiger partial charge in [-0.2, -0.15) is 0 Å². The maximum Gasteiger partial charge on any atom is 0.432 e. The molecule has 5 atom stereocenters. The molecular formula is C14H20N7O9P. The van der Waals surface area contributed by atoms with Crippen LogP contribution >= 0.6 is 7.75 Å². The lowest BCUT2D eigenvalue weighted by Crippen LogP contribution is -2.47. The van der Waals surface area contributed by atoms with Crippen LogP contribution in [0.25, 0.3) is 11.2 Å². The SMILES string of the molecule is Nc1ncnc2c1ncn2[C@@H]1O[C@H](CN(C(=O)[C@@H](N)CC(=O)O)P(=O)(O)O)C(O)C1O. The minimum Gasteiger partial charge on any atom is -0.481 e. The molecule has 17 heteroatoms. The number of nitrogens with two attached hydrogens (primary N) is 2. The summed E-state index contributed by atoms with van der Waals surface area (Å²) in [6.07, 6.45) is -4.56. The normalized spacial score (nSPS) is 24.9. The number of carboxylic acids is 1. The molecule has 31 heavy (non-hydrogen) atoms. The molecule has 1 amide bonds. The number of carbonyl (C=O) groups excluding carboxylic acids is 1.